The Hall–Kier alpha value is -1.41. The lowest BCUT2D eigenvalue weighted by Gasteiger charge is -2.49. The van der Waals surface area contributed by atoms with Gasteiger partial charge in [-0.15, -0.1) is 4.41 Å². The number of hydrazine groups is 1. The van der Waals surface area contributed by atoms with E-state index in [1.807, 2.05) is 18.5 Å². The van der Waals surface area contributed by atoms with Crippen LogP contribution in [-0.4, -0.2) is 41.2 Å². The van der Waals surface area contributed by atoms with E-state index in [2.05, 4.69) is 47.8 Å². The van der Waals surface area contributed by atoms with Gasteiger partial charge in [0, 0.05) is 43.4 Å². The molecule has 0 spiro atoms. The van der Waals surface area contributed by atoms with Crippen molar-refractivity contribution in [2.75, 3.05) is 26.2 Å². The van der Waals surface area contributed by atoms with Gasteiger partial charge in [-0.05, 0) is 24.1 Å². The first-order valence-corrected chi connectivity index (χ1v) is 7.60. The first-order valence-electron chi connectivity index (χ1n) is 6.77. The topological polar surface area (TPSA) is 55.3 Å². The molecule has 3 heterocycles. The SMILES string of the molecule is C1=CC(N2CCNCC2)(N2NC=CS2)C2=CN=NC2=C1. The maximum absolute atomic E-state index is 4.24. The van der Waals surface area contributed by atoms with E-state index in [1.54, 1.807) is 11.9 Å². The lowest BCUT2D eigenvalue weighted by Crippen LogP contribution is -2.64. The van der Waals surface area contributed by atoms with Gasteiger partial charge < -0.3 is 10.7 Å². The Morgan fingerprint density at radius 2 is 2.20 bits per heavy atom. The number of rotatable bonds is 2. The van der Waals surface area contributed by atoms with Crippen LogP contribution in [0.25, 0.3) is 0 Å². The highest BCUT2D eigenvalue weighted by molar-refractivity contribution is 8.00. The molecule has 4 rings (SSSR count). The zero-order valence-electron chi connectivity index (χ0n) is 11.0. The number of hydrogen-bond donors (Lipinski definition) is 2. The molecule has 1 aliphatic carbocycles. The minimum atomic E-state index is -0.330. The first-order chi connectivity index (χ1) is 9.91. The predicted molar refractivity (Wildman–Crippen MR) is 79.0 cm³/mol. The van der Waals surface area contributed by atoms with Crippen molar-refractivity contribution in [1.29, 1.82) is 0 Å². The molecule has 0 aromatic carbocycles. The summed E-state index contributed by atoms with van der Waals surface area (Å²) in [6, 6.07) is 0. The molecule has 1 unspecified atom stereocenters. The van der Waals surface area contributed by atoms with Crippen molar-refractivity contribution >= 4 is 11.9 Å². The van der Waals surface area contributed by atoms with Crippen LogP contribution in [0.15, 0.2) is 57.5 Å². The summed E-state index contributed by atoms with van der Waals surface area (Å²) in [6.07, 6.45) is 10.2. The molecule has 0 aromatic rings. The van der Waals surface area contributed by atoms with Crippen molar-refractivity contribution < 1.29 is 0 Å². The van der Waals surface area contributed by atoms with Crippen LogP contribution in [-0.2, 0) is 0 Å². The van der Waals surface area contributed by atoms with Gasteiger partial charge >= 0.3 is 0 Å². The summed E-state index contributed by atoms with van der Waals surface area (Å²) in [5.74, 6) is 0. The molecule has 0 radical (unpaired) electrons. The van der Waals surface area contributed by atoms with Gasteiger partial charge in [-0.25, -0.2) is 0 Å². The molecule has 0 bridgehead atoms. The molecule has 4 aliphatic rings. The largest absolute Gasteiger partial charge is 0.314 e. The fourth-order valence-electron chi connectivity index (χ4n) is 3.02. The molecule has 1 atom stereocenters. The highest BCUT2D eigenvalue weighted by Gasteiger charge is 2.48. The summed E-state index contributed by atoms with van der Waals surface area (Å²) in [6.45, 7) is 3.99. The van der Waals surface area contributed by atoms with E-state index in [0.717, 1.165) is 37.4 Å². The lowest BCUT2D eigenvalue weighted by atomic mass is 9.91. The third-order valence-corrected chi connectivity index (χ3v) is 4.79. The molecule has 104 valence electrons. The Morgan fingerprint density at radius 1 is 1.30 bits per heavy atom. The minimum absolute atomic E-state index is 0.330. The zero-order chi connectivity index (χ0) is 13.4. The van der Waals surface area contributed by atoms with Crippen LogP contribution in [0.1, 0.15) is 0 Å². The van der Waals surface area contributed by atoms with Crippen molar-refractivity contribution in [3.63, 3.8) is 0 Å². The van der Waals surface area contributed by atoms with E-state index in [4.69, 9.17) is 0 Å². The highest BCUT2D eigenvalue weighted by Crippen LogP contribution is 2.43. The monoisotopic (exact) mass is 288 g/mol. The van der Waals surface area contributed by atoms with Crippen LogP contribution in [0.5, 0.6) is 0 Å². The number of nitrogens with zero attached hydrogens (tertiary/aromatic N) is 4. The minimum Gasteiger partial charge on any atom is -0.314 e. The lowest BCUT2D eigenvalue weighted by molar-refractivity contribution is 0.0435. The fourth-order valence-corrected chi connectivity index (χ4v) is 3.82. The number of nitrogens with one attached hydrogen (secondary N) is 2. The van der Waals surface area contributed by atoms with E-state index in [0.29, 0.717) is 0 Å². The molecule has 7 heteroatoms. The molecule has 2 N–H and O–H groups in total. The summed E-state index contributed by atoms with van der Waals surface area (Å²) in [5, 5.41) is 13.8. The Morgan fingerprint density at radius 3 is 3.00 bits per heavy atom. The van der Waals surface area contributed by atoms with E-state index >= 15 is 0 Å². The van der Waals surface area contributed by atoms with Crippen molar-refractivity contribution in [2.24, 2.45) is 10.2 Å². The normalized spacial score (nSPS) is 33.0. The Balaban J connectivity index is 1.77. The van der Waals surface area contributed by atoms with Crippen LogP contribution < -0.4 is 10.7 Å². The second-order valence-electron chi connectivity index (χ2n) is 4.96. The van der Waals surface area contributed by atoms with Crippen molar-refractivity contribution in [2.45, 2.75) is 5.66 Å². The van der Waals surface area contributed by atoms with E-state index in [1.165, 1.54) is 0 Å². The molecule has 20 heavy (non-hydrogen) atoms. The molecule has 0 saturated carbocycles. The van der Waals surface area contributed by atoms with E-state index in [9.17, 15) is 0 Å². The van der Waals surface area contributed by atoms with Gasteiger partial charge in [-0.3, -0.25) is 4.90 Å². The summed E-state index contributed by atoms with van der Waals surface area (Å²) in [5.41, 5.74) is 5.10. The Kier molecular flexibility index (Phi) is 2.99. The highest BCUT2D eigenvalue weighted by atomic mass is 32.2. The summed E-state index contributed by atoms with van der Waals surface area (Å²) in [7, 11) is 0. The van der Waals surface area contributed by atoms with E-state index in [-0.39, 0.29) is 5.66 Å². The average molecular weight is 288 g/mol. The molecule has 0 aromatic heterocycles. The van der Waals surface area contributed by atoms with Gasteiger partial charge in [0.2, 0.25) is 0 Å². The van der Waals surface area contributed by atoms with Crippen LogP contribution in [0.2, 0.25) is 0 Å². The van der Waals surface area contributed by atoms with Crippen molar-refractivity contribution in [3.8, 4) is 0 Å². The number of allylic oxidation sites excluding steroid dienone is 2. The number of piperazine rings is 1. The standard InChI is InChI=1S/C13H16N6S/c1-2-12-11(10-15-17-12)13(3-1,19-16-6-9-20-19)18-7-4-14-5-8-18/h1-3,6,9-10,14,16H,4-5,7-8H2. The van der Waals surface area contributed by atoms with Crippen LogP contribution in [0.3, 0.4) is 0 Å². The molecule has 3 aliphatic heterocycles. The summed E-state index contributed by atoms with van der Waals surface area (Å²) < 4.78 is 2.17. The smallest absolute Gasteiger partial charge is 0.152 e. The van der Waals surface area contributed by atoms with Crippen LogP contribution >= 0.6 is 11.9 Å². The number of hydrogen-bond acceptors (Lipinski definition) is 7. The van der Waals surface area contributed by atoms with Crippen molar-refractivity contribution in [3.05, 3.63) is 47.3 Å². The molecule has 1 fully saturated rings. The molecule has 6 nitrogen and oxygen atoms in total. The number of azo groups is 1. The molecular weight excluding hydrogens is 272 g/mol. The van der Waals surface area contributed by atoms with Gasteiger partial charge in [0.25, 0.3) is 0 Å². The van der Waals surface area contributed by atoms with Gasteiger partial charge in [0.1, 0.15) is 0 Å². The third-order valence-electron chi connectivity index (χ3n) is 3.94. The third kappa shape index (κ3) is 1.71. The maximum Gasteiger partial charge on any atom is 0.152 e. The van der Waals surface area contributed by atoms with E-state index < -0.39 is 0 Å². The fraction of sp³-hybridized carbons (Fsp3) is 0.385. The van der Waals surface area contributed by atoms with Gasteiger partial charge in [0.15, 0.2) is 5.66 Å². The second kappa shape index (κ2) is 4.85. The molecule has 1 saturated heterocycles. The van der Waals surface area contributed by atoms with Crippen LogP contribution in [0, 0.1) is 0 Å². The predicted octanol–water partition coefficient (Wildman–Crippen LogP) is 1.33. The van der Waals surface area contributed by atoms with Gasteiger partial charge in [0.05, 0.1) is 11.9 Å². The summed E-state index contributed by atoms with van der Waals surface area (Å²) >= 11 is 1.67. The average Bonchev–Trinajstić information content (AvgIpc) is 3.19. The second-order valence-corrected chi connectivity index (χ2v) is 5.81. The van der Waals surface area contributed by atoms with Gasteiger partial charge in [-0.1, -0.05) is 6.08 Å². The maximum atomic E-state index is 4.24. The molecule has 0 amide bonds. The van der Waals surface area contributed by atoms with Gasteiger partial charge in [-0.2, -0.15) is 10.2 Å². The quantitative estimate of drug-likeness (QED) is 0.751. The summed E-state index contributed by atoms with van der Waals surface area (Å²) in [4.78, 5) is 2.47. The Labute approximate surface area is 122 Å². The van der Waals surface area contributed by atoms with Crippen molar-refractivity contribution in [1.82, 2.24) is 20.1 Å². The number of fused-ring (bicyclic) bond motifs is 1. The molecular formula is C13H16N6S. The zero-order valence-corrected chi connectivity index (χ0v) is 11.8. The van der Waals surface area contributed by atoms with Crippen LogP contribution in [0.4, 0.5) is 0 Å². The Bertz CT molecular complexity index is 549. The first kappa shape index (κ1) is 12.3.